The van der Waals surface area contributed by atoms with Gasteiger partial charge in [0.2, 0.25) is 5.91 Å². The zero-order valence-corrected chi connectivity index (χ0v) is 11.2. The third kappa shape index (κ3) is 4.11. The molecule has 0 atom stereocenters. The molecule has 0 radical (unpaired) electrons. The largest absolute Gasteiger partial charge is 0.416 e. The average molecular weight is 311 g/mol. The van der Waals surface area contributed by atoms with E-state index in [9.17, 15) is 22.8 Å². The van der Waals surface area contributed by atoms with E-state index in [1.165, 1.54) is 18.2 Å². The molecular weight excluding hydrogens is 299 g/mol. The van der Waals surface area contributed by atoms with E-state index in [-0.39, 0.29) is 12.1 Å². The summed E-state index contributed by atoms with van der Waals surface area (Å²) < 4.78 is 37.2. The first-order chi connectivity index (χ1) is 10.4. The van der Waals surface area contributed by atoms with Gasteiger partial charge in [0.25, 0.3) is 5.91 Å². The Bertz CT molecular complexity index is 649. The number of hydrogen-bond acceptors (Lipinski definition) is 2. The van der Waals surface area contributed by atoms with Crippen LogP contribution in [-0.4, -0.2) is 16.8 Å². The van der Waals surface area contributed by atoms with E-state index >= 15 is 0 Å². The third-order valence-electron chi connectivity index (χ3n) is 2.80. The second kappa shape index (κ2) is 6.33. The average Bonchev–Trinajstić information content (AvgIpc) is 2.98. The van der Waals surface area contributed by atoms with Gasteiger partial charge in [-0.2, -0.15) is 13.2 Å². The quantitative estimate of drug-likeness (QED) is 0.759. The van der Waals surface area contributed by atoms with Crippen molar-refractivity contribution in [3.8, 4) is 0 Å². The zero-order valence-electron chi connectivity index (χ0n) is 11.2. The molecule has 0 aliphatic heterocycles. The molecule has 0 spiro atoms. The van der Waals surface area contributed by atoms with E-state index in [0.717, 1.165) is 12.1 Å². The number of halogens is 3. The van der Waals surface area contributed by atoms with Crippen LogP contribution in [0.25, 0.3) is 0 Å². The first kappa shape index (κ1) is 15.6. The van der Waals surface area contributed by atoms with Crippen LogP contribution in [0.3, 0.4) is 0 Å². The number of aromatic amines is 1. The highest BCUT2D eigenvalue weighted by molar-refractivity contribution is 5.93. The molecule has 116 valence electrons. The van der Waals surface area contributed by atoms with Gasteiger partial charge in [0.15, 0.2) is 0 Å². The summed E-state index contributed by atoms with van der Waals surface area (Å²) in [5.41, 5.74) is 4.27. The van der Waals surface area contributed by atoms with Crippen LogP contribution in [0.4, 0.5) is 13.2 Å². The predicted molar refractivity (Wildman–Crippen MR) is 71.5 cm³/mol. The van der Waals surface area contributed by atoms with E-state index in [2.05, 4.69) is 15.8 Å². The second-order valence-electron chi connectivity index (χ2n) is 4.46. The molecule has 5 nitrogen and oxygen atoms in total. The number of rotatable bonds is 3. The first-order valence-corrected chi connectivity index (χ1v) is 6.25. The Morgan fingerprint density at radius 2 is 1.73 bits per heavy atom. The van der Waals surface area contributed by atoms with Crippen molar-refractivity contribution in [1.29, 1.82) is 0 Å². The van der Waals surface area contributed by atoms with Crippen LogP contribution >= 0.6 is 0 Å². The smallest absolute Gasteiger partial charge is 0.357 e. The molecule has 2 rings (SSSR count). The number of nitrogens with one attached hydrogen (secondary N) is 3. The molecule has 3 N–H and O–H groups in total. The molecule has 22 heavy (non-hydrogen) atoms. The van der Waals surface area contributed by atoms with Gasteiger partial charge in [-0.05, 0) is 29.8 Å². The predicted octanol–water partition coefficient (Wildman–Crippen LogP) is 2.04. The van der Waals surface area contributed by atoms with Gasteiger partial charge in [-0.25, -0.2) is 0 Å². The van der Waals surface area contributed by atoms with Crippen molar-refractivity contribution in [3.05, 3.63) is 59.4 Å². The molecule has 1 aromatic carbocycles. The summed E-state index contributed by atoms with van der Waals surface area (Å²) in [7, 11) is 0. The lowest BCUT2D eigenvalue weighted by Gasteiger charge is -2.08. The summed E-state index contributed by atoms with van der Waals surface area (Å²) in [5, 5.41) is 0. The van der Waals surface area contributed by atoms with Crippen molar-refractivity contribution in [2.75, 3.05) is 0 Å². The SMILES string of the molecule is O=C(Cc1ccc(C(F)(F)F)cc1)NNC(=O)c1ccc[nH]1. The fourth-order valence-corrected chi connectivity index (χ4v) is 1.71. The molecule has 0 aliphatic rings. The number of amides is 2. The van der Waals surface area contributed by atoms with Crippen LogP contribution in [0.2, 0.25) is 0 Å². The minimum Gasteiger partial charge on any atom is -0.357 e. The third-order valence-corrected chi connectivity index (χ3v) is 2.80. The molecule has 2 aromatic rings. The van der Waals surface area contributed by atoms with Gasteiger partial charge in [0.1, 0.15) is 5.69 Å². The Kier molecular flexibility index (Phi) is 4.50. The van der Waals surface area contributed by atoms with Gasteiger partial charge in [0, 0.05) is 6.20 Å². The van der Waals surface area contributed by atoms with Crippen LogP contribution in [0.15, 0.2) is 42.6 Å². The van der Waals surface area contributed by atoms with Crippen molar-refractivity contribution in [3.63, 3.8) is 0 Å². The summed E-state index contributed by atoms with van der Waals surface area (Å²) >= 11 is 0. The fourth-order valence-electron chi connectivity index (χ4n) is 1.71. The number of aromatic nitrogens is 1. The molecule has 1 aromatic heterocycles. The van der Waals surface area contributed by atoms with E-state index < -0.39 is 23.6 Å². The van der Waals surface area contributed by atoms with Crippen LogP contribution < -0.4 is 10.9 Å². The monoisotopic (exact) mass is 311 g/mol. The highest BCUT2D eigenvalue weighted by atomic mass is 19.4. The topological polar surface area (TPSA) is 74.0 Å². The molecule has 1 heterocycles. The molecule has 0 bridgehead atoms. The fraction of sp³-hybridized carbons (Fsp3) is 0.143. The van der Waals surface area contributed by atoms with Crippen molar-refractivity contribution in [2.45, 2.75) is 12.6 Å². The number of benzene rings is 1. The number of alkyl halides is 3. The van der Waals surface area contributed by atoms with Crippen molar-refractivity contribution >= 4 is 11.8 Å². The number of hydrogen-bond donors (Lipinski definition) is 3. The maximum atomic E-state index is 12.4. The molecule has 0 unspecified atom stereocenters. The van der Waals surface area contributed by atoms with Crippen LogP contribution in [0.5, 0.6) is 0 Å². The molecule has 0 saturated heterocycles. The maximum absolute atomic E-state index is 12.4. The Hall–Kier alpha value is -2.77. The van der Waals surface area contributed by atoms with Gasteiger partial charge in [0.05, 0.1) is 12.0 Å². The summed E-state index contributed by atoms with van der Waals surface area (Å²) in [6.07, 6.45) is -3.01. The van der Waals surface area contributed by atoms with E-state index in [0.29, 0.717) is 5.56 Å². The Balaban J connectivity index is 1.86. The van der Waals surface area contributed by atoms with Crippen LogP contribution in [-0.2, 0) is 17.4 Å². The molecule has 2 amide bonds. The highest BCUT2D eigenvalue weighted by Gasteiger charge is 2.29. The molecule has 0 saturated carbocycles. The molecule has 8 heteroatoms. The van der Waals surface area contributed by atoms with Gasteiger partial charge in [-0.15, -0.1) is 0 Å². The van der Waals surface area contributed by atoms with Gasteiger partial charge >= 0.3 is 6.18 Å². The van der Waals surface area contributed by atoms with Crippen LogP contribution in [0, 0.1) is 0 Å². The summed E-state index contributed by atoms with van der Waals surface area (Å²) in [6.45, 7) is 0. The molecule has 0 aliphatic carbocycles. The summed E-state index contributed by atoms with van der Waals surface area (Å²) in [4.78, 5) is 25.8. The Morgan fingerprint density at radius 3 is 2.27 bits per heavy atom. The van der Waals surface area contributed by atoms with Gasteiger partial charge in [-0.1, -0.05) is 12.1 Å². The first-order valence-electron chi connectivity index (χ1n) is 6.25. The van der Waals surface area contributed by atoms with Gasteiger partial charge < -0.3 is 4.98 Å². The zero-order chi connectivity index (χ0) is 16.2. The van der Waals surface area contributed by atoms with Gasteiger partial charge in [-0.3, -0.25) is 20.4 Å². The minimum atomic E-state index is -4.41. The highest BCUT2D eigenvalue weighted by Crippen LogP contribution is 2.29. The molecular formula is C14H12F3N3O2. The summed E-state index contributed by atoms with van der Waals surface area (Å²) in [6, 6.07) is 7.39. The number of H-pyrrole nitrogens is 1. The standard InChI is InChI=1S/C14H12F3N3O2/c15-14(16,17)10-5-3-9(4-6-10)8-12(21)19-20-13(22)11-2-1-7-18-11/h1-7,18H,8H2,(H,19,21)(H,20,22). The van der Waals surface area contributed by atoms with Crippen molar-refractivity contribution < 1.29 is 22.8 Å². The maximum Gasteiger partial charge on any atom is 0.416 e. The van der Waals surface area contributed by atoms with Crippen LogP contribution in [0.1, 0.15) is 21.6 Å². The van der Waals surface area contributed by atoms with E-state index in [4.69, 9.17) is 0 Å². The van der Waals surface area contributed by atoms with Crippen molar-refractivity contribution in [1.82, 2.24) is 15.8 Å². The lowest BCUT2D eigenvalue weighted by molar-refractivity contribution is -0.137. The number of hydrazine groups is 1. The lowest BCUT2D eigenvalue weighted by Crippen LogP contribution is -2.42. The number of carbonyl (C=O) groups is 2. The van der Waals surface area contributed by atoms with E-state index in [1.807, 2.05) is 0 Å². The second-order valence-corrected chi connectivity index (χ2v) is 4.46. The van der Waals surface area contributed by atoms with E-state index in [1.54, 1.807) is 12.3 Å². The normalized spacial score (nSPS) is 11.0. The lowest BCUT2D eigenvalue weighted by atomic mass is 10.1. The Labute approximate surface area is 123 Å². The minimum absolute atomic E-state index is 0.150. The van der Waals surface area contributed by atoms with Crippen molar-refractivity contribution in [2.24, 2.45) is 0 Å². The number of carbonyl (C=O) groups excluding carboxylic acids is 2. The molecule has 0 fully saturated rings. The summed E-state index contributed by atoms with van der Waals surface area (Å²) in [5.74, 6) is -1.06. The Morgan fingerprint density at radius 1 is 1.05 bits per heavy atom.